The highest BCUT2D eigenvalue weighted by atomic mass is 16.5. The molecule has 1 heterocycles. The third kappa shape index (κ3) is 5.01. The lowest BCUT2D eigenvalue weighted by molar-refractivity contribution is -0.119. The Bertz CT molecular complexity index is 1220. The van der Waals surface area contributed by atoms with Gasteiger partial charge in [-0.25, -0.2) is 9.59 Å². The Morgan fingerprint density at radius 1 is 1.00 bits per heavy atom. The second-order valence-corrected chi connectivity index (χ2v) is 7.57. The number of rotatable bonds is 7. The van der Waals surface area contributed by atoms with E-state index in [9.17, 15) is 14.4 Å². The average Bonchev–Trinajstić information content (AvgIpc) is 2.87. The van der Waals surface area contributed by atoms with Gasteiger partial charge in [-0.1, -0.05) is 30.3 Å². The molecule has 0 saturated carbocycles. The smallest absolute Gasteiger partial charge is 0.339 e. The molecule has 0 aromatic heterocycles. The van der Waals surface area contributed by atoms with Gasteiger partial charge in [0.25, 0.3) is 5.91 Å². The Hall–Kier alpha value is -4.33. The zero-order valence-corrected chi connectivity index (χ0v) is 18.7. The molecule has 174 valence electrons. The molecule has 0 saturated heterocycles. The van der Waals surface area contributed by atoms with Crippen LogP contribution in [0.5, 0.6) is 11.5 Å². The molecule has 34 heavy (non-hydrogen) atoms. The van der Waals surface area contributed by atoms with Crippen molar-refractivity contribution in [2.24, 2.45) is 0 Å². The molecule has 8 heteroatoms. The summed E-state index contributed by atoms with van der Waals surface area (Å²) in [5.74, 6) is -0.652. The van der Waals surface area contributed by atoms with Crippen LogP contribution >= 0.6 is 0 Å². The number of hydrogen-bond donors (Lipinski definition) is 1. The summed E-state index contributed by atoms with van der Waals surface area (Å²) in [7, 11) is 3.00. The van der Waals surface area contributed by atoms with Crippen molar-refractivity contribution in [1.82, 2.24) is 0 Å². The summed E-state index contributed by atoms with van der Waals surface area (Å²) in [6, 6.07) is 19.0. The van der Waals surface area contributed by atoms with Gasteiger partial charge in [0, 0.05) is 12.5 Å². The number of hydrogen-bond acceptors (Lipinski definition) is 7. The number of cyclic esters (lactones) is 1. The molecule has 1 amide bonds. The number of methoxy groups -OCH3 is 2. The Morgan fingerprint density at radius 3 is 2.53 bits per heavy atom. The first-order valence-corrected chi connectivity index (χ1v) is 10.6. The molecule has 0 fully saturated rings. The average molecular weight is 461 g/mol. The van der Waals surface area contributed by atoms with Crippen LogP contribution in [0.25, 0.3) is 0 Å². The van der Waals surface area contributed by atoms with E-state index in [-0.39, 0.29) is 5.56 Å². The van der Waals surface area contributed by atoms with E-state index in [0.29, 0.717) is 34.7 Å². The maximum Gasteiger partial charge on any atom is 0.339 e. The highest BCUT2D eigenvalue weighted by Crippen LogP contribution is 2.31. The summed E-state index contributed by atoms with van der Waals surface area (Å²) in [5.41, 5.74) is 2.64. The van der Waals surface area contributed by atoms with Crippen molar-refractivity contribution in [3.63, 3.8) is 0 Å². The van der Waals surface area contributed by atoms with Crippen LogP contribution in [0.4, 0.5) is 5.69 Å². The maximum absolute atomic E-state index is 12.6. The van der Waals surface area contributed by atoms with E-state index in [2.05, 4.69) is 5.32 Å². The highest BCUT2D eigenvalue weighted by molar-refractivity contribution is 5.98. The van der Waals surface area contributed by atoms with E-state index in [1.165, 1.54) is 26.4 Å². The Morgan fingerprint density at radius 2 is 1.79 bits per heavy atom. The second-order valence-electron chi connectivity index (χ2n) is 7.57. The fraction of sp³-hybridized carbons (Fsp3) is 0.192. The third-order valence-corrected chi connectivity index (χ3v) is 5.40. The number of amides is 1. The number of carbonyl (C=O) groups is 3. The van der Waals surface area contributed by atoms with E-state index in [0.717, 1.165) is 5.56 Å². The van der Waals surface area contributed by atoms with Crippen LogP contribution in [-0.2, 0) is 20.7 Å². The molecule has 3 aromatic rings. The maximum atomic E-state index is 12.6. The van der Waals surface area contributed by atoms with Crippen molar-refractivity contribution in [2.75, 3.05) is 26.1 Å². The third-order valence-electron chi connectivity index (χ3n) is 5.40. The van der Waals surface area contributed by atoms with Crippen molar-refractivity contribution >= 4 is 23.5 Å². The largest absolute Gasteiger partial charge is 0.497 e. The molecular weight excluding hydrogens is 438 g/mol. The van der Waals surface area contributed by atoms with Crippen molar-refractivity contribution in [1.29, 1.82) is 0 Å². The predicted molar refractivity (Wildman–Crippen MR) is 123 cm³/mol. The van der Waals surface area contributed by atoms with Crippen molar-refractivity contribution in [2.45, 2.75) is 12.5 Å². The van der Waals surface area contributed by atoms with Crippen molar-refractivity contribution < 1.29 is 33.3 Å². The van der Waals surface area contributed by atoms with Crippen LogP contribution in [0.2, 0.25) is 0 Å². The summed E-state index contributed by atoms with van der Waals surface area (Å²) in [4.78, 5) is 37.3. The number of anilines is 1. The number of benzene rings is 3. The van der Waals surface area contributed by atoms with Gasteiger partial charge in [0.1, 0.15) is 17.6 Å². The molecular formula is C26H23NO7. The Labute approximate surface area is 196 Å². The first-order valence-electron chi connectivity index (χ1n) is 10.6. The Kier molecular flexibility index (Phi) is 6.77. The van der Waals surface area contributed by atoms with E-state index >= 15 is 0 Å². The van der Waals surface area contributed by atoms with Crippen LogP contribution in [-0.4, -0.2) is 38.7 Å². The van der Waals surface area contributed by atoms with E-state index in [4.69, 9.17) is 18.9 Å². The van der Waals surface area contributed by atoms with Gasteiger partial charge in [-0.3, -0.25) is 4.79 Å². The minimum absolute atomic E-state index is 0.245. The normalized spacial score (nSPS) is 14.4. The van der Waals surface area contributed by atoms with Gasteiger partial charge in [0.2, 0.25) is 0 Å². The molecule has 0 aliphatic carbocycles. The lowest BCUT2D eigenvalue weighted by atomic mass is 9.93. The quantitative estimate of drug-likeness (QED) is 0.532. The molecule has 1 unspecified atom stereocenters. The molecule has 1 aliphatic rings. The van der Waals surface area contributed by atoms with E-state index in [1.807, 2.05) is 30.3 Å². The van der Waals surface area contributed by atoms with Gasteiger partial charge in [0.15, 0.2) is 6.61 Å². The molecule has 1 N–H and O–H groups in total. The minimum Gasteiger partial charge on any atom is -0.497 e. The van der Waals surface area contributed by atoms with Crippen LogP contribution in [0.1, 0.15) is 37.9 Å². The van der Waals surface area contributed by atoms with Gasteiger partial charge in [-0.15, -0.1) is 0 Å². The predicted octanol–water partition coefficient (Wildman–Crippen LogP) is 3.95. The Balaban J connectivity index is 1.40. The summed E-state index contributed by atoms with van der Waals surface area (Å²) in [5, 5.41) is 2.64. The van der Waals surface area contributed by atoms with Gasteiger partial charge in [0.05, 0.1) is 31.0 Å². The molecule has 4 rings (SSSR count). The number of nitrogens with one attached hydrogen (secondary N) is 1. The van der Waals surface area contributed by atoms with Crippen molar-refractivity contribution in [3.8, 4) is 11.5 Å². The first kappa shape index (κ1) is 22.8. The molecule has 3 aromatic carbocycles. The van der Waals surface area contributed by atoms with Crippen LogP contribution < -0.4 is 14.8 Å². The lowest BCUT2D eigenvalue weighted by Gasteiger charge is -2.25. The molecule has 0 bridgehead atoms. The van der Waals surface area contributed by atoms with Gasteiger partial charge in [-0.05, 0) is 41.5 Å². The zero-order valence-electron chi connectivity index (χ0n) is 18.7. The topological polar surface area (TPSA) is 100 Å². The van der Waals surface area contributed by atoms with Crippen molar-refractivity contribution in [3.05, 3.63) is 89.0 Å². The highest BCUT2D eigenvalue weighted by Gasteiger charge is 2.28. The lowest BCUT2D eigenvalue weighted by Crippen LogP contribution is -2.23. The van der Waals surface area contributed by atoms with Gasteiger partial charge in [-0.2, -0.15) is 0 Å². The fourth-order valence-corrected chi connectivity index (χ4v) is 3.68. The molecule has 1 atom stereocenters. The summed E-state index contributed by atoms with van der Waals surface area (Å²) >= 11 is 0. The molecule has 0 radical (unpaired) electrons. The number of carbonyl (C=O) groups excluding carboxylic acids is 3. The first-order chi connectivity index (χ1) is 16.5. The van der Waals surface area contributed by atoms with E-state index < -0.39 is 30.6 Å². The second kappa shape index (κ2) is 10.1. The minimum atomic E-state index is -0.671. The number of ether oxygens (including phenoxy) is 4. The summed E-state index contributed by atoms with van der Waals surface area (Å²) in [6.07, 6.45) is 0.00182. The number of esters is 2. The number of fused-ring (bicyclic) bond motifs is 1. The molecule has 1 aliphatic heterocycles. The summed E-state index contributed by atoms with van der Waals surface area (Å²) in [6.45, 7) is -0.486. The van der Waals surface area contributed by atoms with E-state index in [1.54, 1.807) is 24.3 Å². The zero-order chi connectivity index (χ0) is 24.1. The molecule has 0 spiro atoms. The summed E-state index contributed by atoms with van der Waals surface area (Å²) < 4.78 is 21.1. The SMILES string of the molecule is COc1ccc(NC(=O)COC(=O)c2ccc3c(c2)CC(c2ccccc2)OC3=O)c(OC)c1. The van der Waals surface area contributed by atoms with Crippen LogP contribution in [0.15, 0.2) is 66.7 Å². The van der Waals surface area contributed by atoms with Crippen LogP contribution in [0.3, 0.4) is 0 Å². The standard InChI is InChI=1S/C26H23NO7/c1-31-19-9-11-21(23(14-19)32-2)27-24(28)15-33-25(29)17-8-10-20-18(12-17)13-22(34-26(20)30)16-6-4-3-5-7-16/h3-12,14,22H,13,15H2,1-2H3,(H,27,28). The van der Waals surface area contributed by atoms with Gasteiger partial charge >= 0.3 is 11.9 Å². The monoisotopic (exact) mass is 461 g/mol. The fourth-order valence-electron chi connectivity index (χ4n) is 3.68. The van der Waals surface area contributed by atoms with Gasteiger partial charge < -0.3 is 24.3 Å². The molecule has 8 nitrogen and oxygen atoms in total. The van der Waals surface area contributed by atoms with Crippen LogP contribution in [0, 0.1) is 0 Å².